The number of likely N-dealkylation sites (tertiary alicyclic amines) is 1. The number of amides is 1. The lowest BCUT2D eigenvalue weighted by Crippen LogP contribution is -2.29. The van der Waals surface area contributed by atoms with Crippen molar-refractivity contribution >= 4 is 5.91 Å². The monoisotopic (exact) mass is 247 g/mol. The molecule has 18 heavy (non-hydrogen) atoms. The fourth-order valence-corrected chi connectivity index (χ4v) is 1.96. The highest BCUT2D eigenvalue weighted by Gasteiger charge is 2.25. The topological polar surface area (TPSA) is 49.8 Å². The van der Waals surface area contributed by atoms with Crippen LogP contribution in [0.15, 0.2) is 36.9 Å². The maximum Gasteiger partial charge on any atom is 0.253 e. The Morgan fingerprint density at radius 1 is 1.50 bits per heavy atom. The van der Waals surface area contributed by atoms with E-state index >= 15 is 0 Å². The first kappa shape index (κ1) is 12.6. The average molecular weight is 247 g/mol. The van der Waals surface area contributed by atoms with Gasteiger partial charge >= 0.3 is 0 Å². The Bertz CT molecular complexity index is 427. The Balaban J connectivity index is 2.00. The normalized spacial score (nSPS) is 18.7. The number of benzene rings is 1. The van der Waals surface area contributed by atoms with Gasteiger partial charge in [0.15, 0.2) is 0 Å². The summed E-state index contributed by atoms with van der Waals surface area (Å²) in [6.45, 7) is 5.07. The Kier molecular flexibility index (Phi) is 3.99. The van der Waals surface area contributed by atoms with E-state index in [0.29, 0.717) is 37.4 Å². The summed E-state index contributed by atoms with van der Waals surface area (Å²) in [5.41, 5.74) is 0.620. The molecule has 0 aliphatic carbocycles. The van der Waals surface area contributed by atoms with E-state index in [-0.39, 0.29) is 12.0 Å². The second-order valence-corrected chi connectivity index (χ2v) is 4.32. The van der Waals surface area contributed by atoms with Crippen molar-refractivity contribution in [1.82, 2.24) is 4.90 Å². The summed E-state index contributed by atoms with van der Waals surface area (Å²) in [6.07, 6.45) is 1.95. The summed E-state index contributed by atoms with van der Waals surface area (Å²) in [7, 11) is 0. The molecular formula is C14H17NO3. The smallest absolute Gasteiger partial charge is 0.253 e. The summed E-state index contributed by atoms with van der Waals surface area (Å²) in [5.74, 6) is 0.676. The molecule has 0 saturated carbocycles. The van der Waals surface area contributed by atoms with E-state index in [0.717, 1.165) is 0 Å². The molecule has 1 heterocycles. The van der Waals surface area contributed by atoms with Gasteiger partial charge in [-0.15, -0.1) is 0 Å². The number of hydrogen-bond acceptors (Lipinski definition) is 3. The van der Waals surface area contributed by atoms with Gasteiger partial charge < -0.3 is 14.7 Å². The standard InChI is InChI=1S/C14H17NO3/c1-2-9-18-13-5-3-11(4-6-13)14(17)15-8-7-12(16)10-15/h2-6,12,16H,1,7-10H2. The minimum absolute atomic E-state index is 0.0400. The molecule has 1 atom stereocenters. The molecule has 1 aromatic rings. The summed E-state index contributed by atoms with van der Waals surface area (Å²) in [6, 6.07) is 7.02. The summed E-state index contributed by atoms with van der Waals surface area (Å²) >= 11 is 0. The molecule has 1 aromatic carbocycles. The molecule has 1 saturated heterocycles. The number of rotatable bonds is 4. The molecule has 0 spiro atoms. The van der Waals surface area contributed by atoms with Gasteiger partial charge in [-0.1, -0.05) is 12.7 Å². The zero-order valence-electron chi connectivity index (χ0n) is 10.2. The predicted molar refractivity (Wildman–Crippen MR) is 68.7 cm³/mol. The summed E-state index contributed by atoms with van der Waals surface area (Å²) in [5, 5.41) is 9.41. The lowest BCUT2D eigenvalue weighted by molar-refractivity contribution is 0.0765. The quantitative estimate of drug-likeness (QED) is 0.819. The van der Waals surface area contributed by atoms with Gasteiger partial charge in [-0.3, -0.25) is 4.79 Å². The van der Waals surface area contributed by atoms with Crippen molar-refractivity contribution in [2.45, 2.75) is 12.5 Å². The number of hydrogen-bond donors (Lipinski definition) is 1. The summed E-state index contributed by atoms with van der Waals surface area (Å²) < 4.78 is 5.35. The van der Waals surface area contributed by atoms with Crippen molar-refractivity contribution < 1.29 is 14.6 Å². The van der Waals surface area contributed by atoms with Crippen LogP contribution in [0.3, 0.4) is 0 Å². The van der Waals surface area contributed by atoms with Crippen molar-refractivity contribution in [1.29, 1.82) is 0 Å². The lowest BCUT2D eigenvalue weighted by Gasteiger charge is -2.15. The molecule has 0 bridgehead atoms. The maximum atomic E-state index is 12.1. The van der Waals surface area contributed by atoms with Crippen LogP contribution in [0.5, 0.6) is 5.75 Å². The van der Waals surface area contributed by atoms with Crippen LogP contribution >= 0.6 is 0 Å². The van der Waals surface area contributed by atoms with Crippen molar-refractivity contribution in [3.63, 3.8) is 0 Å². The van der Waals surface area contributed by atoms with E-state index in [1.807, 2.05) is 0 Å². The van der Waals surface area contributed by atoms with Gasteiger partial charge in [-0.25, -0.2) is 0 Å². The zero-order chi connectivity index (χ0) is 13.0. The zero-order valence-corrected chi connectivity index (χ0v) is 10.2. The lowest BCUT2D eigenvalue weighted by atomic mass is 10.2. The van der Waals surface area contributed by atoms with Crippen molar-refractivity contribution in [3.05, 3.63) is 42.5 Å². The minimum Gasteiger partial charge on any atom is -0.490 e. The van der Waals surface area contributed by atoms with E-state index < -0.39 is 0 Å². The van der Waals surface area contributed by atoms with Gasteiger partial charge in [0, 0.05) is 18.7 Å². The first-order valence-electron chi connectivity index (χ1n) is 6.02. The van der Waals surface area contributed by atoms with Crippen LogP contribution in [0.1, 0.15) is 16.8 Å². The number of β-amino-alcohol motifs (C(OH)–C–C–N with tert-alkyl or cyclic N) is 1. The fraction of sp³-hybridized carbons (Fsp3) is 0.357. The SMILES string of the molecule is C=CCOc1ccc(C(=O)N2CCC(O)C2)cc1. The Morgan fingerprint density at radius 2 is 2.22 bits per heavy atom. The number of nitrogens with zero attached hydrogens (tertiary/aromatic N) is 1. The molecule has 1 amide bonds. The number of carbonyl (C=O) groups excluding carboxylic acids is 1. The Morgan fingerprint density at radius 3 is 2.78 bits per heavy atom. The molecule has 96 valence electrons. The predicted octanol–water partition coefficient (Wildman–Crippen LogP) is 1.46. The third-order valence-electron chi connectivity index (χ3n) is 2.92. The fourth-order valence-electron chi connectivity index (χ4n) is 1.96. The molecule has 1 N–H and O–H groups in total. The summed E-state index contributed by atoms with van der Waals surface area (Å²) in [4.78, 5) is 13.7. The molecular weight excluding hydrogens is 230 g/mol. The molecule has 0 radical (unpaired) electrons. The first-order chi connectivity index (χ1) is 8.70. The van der Waals surface area contributed by atoms with Crippen LogP contribution in [0, 0.1) is 0 Å². The molecule has 4 heteroatoms. The van der Waals surface area contributed by atoms with Gasteiger partial charge in [0.05, 0.1) is 6.10 Å². The maximum absolute atomic E-state index is 12.1. The molecule has 4 nitrogen and oxygen atoms in total. The highest BCUT2D eigenvalue weighted by molar-refractivity contribution is 5.94. The van der Waals surface area contributed by atoms with Gasteiger partial charge in [-0.05, 0) is 30.7 Å². The second-order valence-electron chi connectivity index (χ2n) is 4.32. The highest BCUT2D eigenvalue weighted by atomic mass is 16.5. The van der Waals surface area contributed by atoms with Crippen molar-refractivity contribution in [3.8, 4) is 5.75 Å². The van der Waals surface area contributed by atoms with Gasteiger partial charge in [-0.2, -0.15) is 0 Å². The highest BCUT2D eigenvalue weighted by Crippen LogP contribution is 2.16. The number of aliphatic hydroxyl groups excluding tert-OH is 1. The van der Waals surface area contributed by atoms with Crippen LogP contribution in [0.25, 0.3) is 0 Å². The molecule has 1 unspecified atom stereocenters. The van der Waals surface area contributed by atoms with Crippen LogP contribution in [0.4, 0.5) is 0 Å². The molecule has 1 fully saturated rings. The average Bonchev–Trinajstić information content (AvgIpc) is 2.83. The minimum atomic E-state index is -0.385. The third kappa shape index (κ3) is 2.90. The van der Waals surface area contributed by atoms with E-state index in [4.69, 9.17) is 4.74 Å². The van der Waals surface area contributed by atoms with E-state index in [2.05, 4.69) is 6.58 Å². The molecule has 1 aliphatic rings. The van der Waals surface area contributed by atoms with Crippen LogP contribution in [0.2, 0.25) is 0 Å². The van der Waals surface area contributed by atoms with E-state index in [9.17, 15) is 9.90 Å². The first-order valence-corrected chi connectivity index (χ1v) is 6.02. The number of carbonyl (C=O) groups is 1. The third-order valence-corrected chi connectivity index (χ3v) is 2.92. The van der Waals surface area contributed by atoms with Gasteiger partial charge in [0.2, 0.25) is 0 Å². The largest absolute Gasteiger partial charge is 0.490 e. The van der Waals surface area contributed by atoms with Crippen molar-refractivity contribution in [2.75, 3.05) is 19.7 Å². The van der Waals surface area contributed by atoms with E-state index in [1.54, 1.807) is 35.2 Å². The van der Waals surface area contributed by atoms with Crippen LogP contribution in [-0.4, -0.2) is 41.7 Å². The van der Waals surface area contributed by atoms with E-state index in [1.165, 1.54) is 0 Å². The molecule has 0 aromatic heterocycles. The molecule has 2 rings (SSSR count). The van der Waals surface area contributed by atoms with Crippen LogP contribution < -0.4 is 4.74 Å². The second kappa shape index (κ2) is 5.69. The van der Waals surface area contributed by atoms with Crippen LogP contribution in [-0.2, 0) is 0 Å². The van der Waals surface area contributed by atoms with Crippen molar-refractivity contribution in [2.24, 2.45) is 0 Å². The van der Waals surface area contributed by atoms with Gasteiger partial charge in [0.25, 0.3) is 5.91 Å². The number of aliphatic hydroxyl groups is 1. The van der Waals surface area contributed by atoms with Gasteiger partial charge in [0.1, 0.15) is 12.4 Å². The molecule has 1 aliphatic heterocycles. The number of ether oxygens (including phenoxy) is 1. The Labute approximate surface area is 106 Å². The Hall–Kier alpha value is -1.81.